The molecule has 2 heterocycles. The van der Waals surface area contributed by atoms with Gasteiger partial charge in [-0.3, -0.25) is 10.1 Å². The van der Waals surface area contributed by atoms with Crippen molar-refractivity contribution in [2.75, 3.05) is 13.1 Å². The van der Waals surface area contributed by atoms with Crippen LogP contribution in [0.2, 0.25) is 0 Å². The molecular formula is C17H20N4O2. The smallest absolute Gasteiger partial charge is 0.246 e. The molecule has 0 saturated heterocycles. The van der Waals surface area contributed by atoms with Crippen molar-refractivity contribution in [1.29, 1.82) is 0 Å². The highest BCUT2D eigenvalue weighted by molar-refractivity contribution is 5.84. The van der Waals surface area contributed by atoms with E-state index < -0.39 is 0 Å². The van der Waals surface area contributed by atoms with Crippen LogP contribution in [0.1, 0.15) is 18.4 Å². The van der Waals surface area contributed by atoms with Crippen LogP contribution in [0, 0.1) is 6.92 Å². The predicted octanol–water partition coefficient (Wildman–Crippen LogP) is 1.92. The molecule has 1 unspecified atom stereocenters. The van der Waals surface area contributed by atoms with Crippen molar-refractivity contribution in [3.05, 3.63) is 47.9 Å². The zero-order valence-corrected chi connectivity index (χ0v) is 13.3. The molecule has 0 bridgehead atoms. The third-order valence-corrected chi connectivity index (χ3v) is 3.85. The summed E-state index contributed by atoms with van der Waals surface area (Å²) in [5.41, 5.74) is 2.08. The van der Waals surface area contributed by atoms with Crippen LogP contribution in [0.15, 0.2) is 40.9 Å². The molecule has 1 aromatic carbocycles. The number of benzene rings is 1. The summed E-state index contributed by atoms with van der Waals surface area (Å²) >= 11 is 0. The summed E-state index contributed by atoms with van der Waals surface area (Å²) in [6.45, 7) is 5.61. The second kappa shape index (κ2) is 6.75. The molecule has 0 radical (unpaired) electrons. The first-order chi connectivity index (χ1) is 11.2. The van der Waals surface area contributed by atoms with Crippen LogP contribution in [-0.2, 0) is 11.3 Å². The second-order valence-electron chi connectivity index (χ2n) is 5.54. The van der Waals surface area contributed by atoms with Crippen LogP contribution in [0.4, 0.5) is 0 Å². The lowest BCUT2D eigenvalue weighted by Crippen LogP contribution is -2.43. The number of hydrogen-bond acceptors (Lipinski definition) is 5. The van der Waals surface area contributed by atoms with E-state index in [0.29, 0.717) is 24.8 Å². The van der Waals surface area contributed by atoms with Gasteiger partial charge in [0, 0.05) is 18.7 Å². The van der Waals surface area contributed by atoms with E-state index in [4.69, 9.17) is 4.52 Å². The molecule has 0 spiro atoms. The highest BCUT2D eigenvalue weighted by Gasteiger charge is 2.24. The summed E-state index contributed by atoms with van der Waals surface area (Å²) in [5.74, 6) is 1.01. The summed E-state index contributed by atoms with van der Waals surface area (Å²) < 4.78 is 5.30. The molecule has 1 N–H and O–H groups in total. The lowest BCUT2D eigenvalue weighted by molar-refractivity contribution is -0.132. The number of aromatic nitrogens is 2. The Kier molecular flexibility index (Phi) is 4.52. The van der Waals surface area contributed by atoms with E-state index in [0.717, 1.165) is 12.1 Å². The van der Waals surface area contributed by atoms with Crippen molar-refractivity contribution in [2.24, 2.45) is 0 Å². The Bertz CT molecular complexity index is 706. The molecule has 1 aliphatic rings. The van der Waals surface area contributed by atoms with Crippen LogP contribution in [0.5, 0.6) is 0 Å². The summed E-state index contributed by atoms with van der Waals surface area (Å²) in [4.78, 5) is 18.5. The van der Waals surface area contributed by atoms with Crippen LogP contribution < -0.4 is 5.32 Å². The van der Waals surface area contributed by atoms with E-state index >= 15 is 0 Å². The third-order valence-electron chi connectivity index (χ3n) is 3.85. The highest BCUT2D eigenvalue weighted by atomic mass is 16.5. The largest absolute Gasteiger partial charge is 0.337 e. The van der Waals surface area contributed by atoms with Gasteiger partial charge in [0.15, 0.2) is 0 Å². The van der Waals surface area contributed by atoms with Gasteiger partial charge in [0.1, 0.15) is 12.6 Å². The van der Waals surface area contributed by atoms with E-state index in [9.17, 15) is 4.79 Å². The van der Waals surface area contributed by atoms with E-state index in [1.165, 1.54) is 5.56 Å². The molecule has 1 aliphatic heterocycles. The summed E-state index contributed by atoms with van der Waals surface area (Å²) in [5, 5.41) is 7.13. The standard InChI is InChI=1S/C17H20N4O2/c1-3-21(17(22)14-5-4-10-18-14)11-15-19-16(20-23-15)13-8-6-12(2)7-9-13/h4-9,14,18H,3,10-11H2,1-2H3. The van der Waals surface area contributed by atoms with Crippen molar-refractivity contribution >= 4 is 5.91 Å². The van der Waals surface area contributed by atoms with Gasteiger partial charge < -0.3 is 9.42 Å². The average molecular weight is 312 g/mol. The zero-order valence-electron chi connectivity index (χ0n) is 13.3. The Hall–Kier alpha value is -2.47. The maximum absolute atomic E-state index is 12.4. The molecule has 23 heavy (non-hydrogen) atoms. The zero-order chi connectivity index (χ0) is 16.2. The van der Waals surface area contributed by atoms with E-state index in [2.05, 4.69) is 15.5 Å². The van der Waals surface area contributed by atoms with Gasteiger partial charge in [0.2, 0.25) is 17.6 Å². The van der Waals surface area contributed by atoms with E-state index in [-0.39, 0.29) is 11.9 Å². The Balaban J connectivity index is 1.70. The lowest BCUT2D eigenvalue weighted by atomic mass is 10.1. The van der Waals surface area contributed by atoms with Gasteiger partial charge in [-0.05, 0) is 13.8 Å². The van der Waals surface area contributed by atoms with E-state index in [1.54, 1.807) is 4.90 Å². The fourth-order valence-electron chi connectivity index (χ4n) is 2.48. The second-order valence-corrected chi connectivity index (χ2v) is 5.54. The number of carbonyl (C=O) groups excluding carboxylic acids is 1. The molecule has 1 amide bonds. The Labute approximate surface area is 135 Å². The van der Waals surface area contributed by atoms with Gasteiger partial charge >= 0.3 is 0 Å². The Morgan fingerprint density at radius 1 is 1.39 bits per heavy atom. The van der Waals surface area contributed by atoms with Crippen molar-refractivity contribution in [3.63, 3.8) is 0 Å². The molecule has 2 aromatic rings. The minimum Gasteiger partial charge on any atom is -0.337 e. The lowest BCUT2D eigenvalue weighted by Gasteiger charge is -2.21. The topological polar surface area (TPSA) is 71.3 Å². The van der Waals surface area contributed by atoms with Crippen LogP contribution in [-0.4, -0.2) is 40.1 Å². The number of carbonyl (C=O) groups is 1. The van der Waals surface area contributed by atoms with Crippen molar-refractivity contribution in [2.45, 2.75) is 26.4 Å². The molecule has 6 nitrogen and oxygen atoms in total. The first kappa shape index (κ1) is 15.4. The minimum absolute atomic E-state index is 0.0244. The van der Waals surface area contributed by atoms with Gasteiger partial charge in [-0.25, -0.2) is 0 Å². The molecule has 6 heteroatoms. The molecular weight excluding hydrogens is 292 g/mol. The molecule has 0 saturated carbocycles. The number of aryl methyl sites for hydroxylation is 1. The monoisotopic (exact) mass is 312 g/mol. The van der Waals surface area contributed by atoms with Gasteiger partial charge in [0.05, 0.1) is 0 Å². The third kappa shape index (κ3) is 3.48. The minimum atomic E-state index is -0.255. The van der Waals surface area contributed by atoms with Crippen LogP contribution in [0.3, 0.4) is 0 Å². The number of nitrogens with zero attached hydrogens (tertiary/aromatic N) is 3. The molecule has 0 aliphatic carbocycles. The van der Waals surface area contributed by atoms with Gasteiger partial charge in [-0.15, -0.1) is 0 Å². The summed E-state index contributed by atoms with van der Waals surface area (Å²) in [6, 6.07) is 7.67. The van der Waals surface area contributed by atoms with Crippen LogP contribution >= 0.6 is 0 Å². The van der Waals surface area contributed by atoms with Gasteiger partial charge in [0.25, 0.3) is 0 Å². The van der Waals surface area contributed by atoms with Crippen molar-refractivity contribution in [1.82, 2.24) is 20.4 Å². The normalized spacial score (nSPS) is 16.7. The summed E-state index contributed by atoms with van der Waals surface area (Å²) in [7, 11) is 0. The predicted molar refractivity (Wildman–Crippen MR) is 86.5 cm³/mol. The quantitative estimate of drug-likeness (QED) is 0.854. The number of amides is 1. The van der Waals surface area contributed by atoms with E-state index in [1.807, 2.05) is 50.3 Å². The number of likely N-dealkylation sites (N-methyl/N-ethyl adjacent to an activating group) is 1. The molecule has 120 valence electrons. The van der Waals surface area contributed by atoms with Crippen molar-refractivity contribution < 1.29 is 9.32 Å². The summed E-state index contributed by atoms with van der Waals surface area (Å²) in [6.07, 6.45) is 3.84. The molecule has 3 rings (SSSR count). The highest BCUT2D eigenvalue weighted by Crippen LogP contribution is 2.17. The SMILES string of the molecule is CCN(Cc1nc(-c2ccc(C)cc2)no1)C(=O)C1C=CCN1. The number of rotatable bonds is 5. The first-order valence-electron chi connectivity index (χ1n) is 7.76. The average Bonchev–Trinajstić information content (AvgIpc) is 3.24. The molecule has 1 aromatic heterocycles. The fourth-order valence-corrected chi connectivity index (χ4v) is 2.48. The molecule has 0 fully saturated rings. The maximum Gasteiger partial charge on any atom is 0.246 e. The van der Waals surface area contributed by atoms with Crippen LogP contribution in [0.25, 0.3) is 11.4 Å². The molecule has 1 atom stereocenters. The number of hydrogen-bond donors (Lipinski definition) is 1. The van der Waals surface area contributed by atoms with Gasteiger partial charge in [-0.1, -0.05) is 47.1 Å². The Morgan fingerprint density at radius 2 is 2.17 bits per heavy atom. The fraction of sp³-hybridized carbons (Fsp3) is 0.353. The number of nitrogens with one attached hydrogen (secondary N) is 1. The first-order valence-corrected chi connectivity index (χ1v) is 7.76. The van der Waals surface area contributed by atoms with Crippen molar-refractivity contribution in [3.8, 4) is 11.4 Å². The maximum atomic E-state index is 12.4. The van der Waals surface area contributed by atoms with Gasteiger partial charge in [-0.2, -0.15) is 4.98 Å². The Morgan fingerprint density at radius 3 is 2.83 bits per heavy atom.